The van der Waals surface area contributed by atoms with Gasteiger partial charge in [0.1, 0.15) is 11.4 Å². The number of nitrogens with two attached hydrogens (primary N) is 1. The number of rotatable bonds is 5. The van der Waals surface area contributed by atoms with Crippen molar-refractivity contribution >= 4 is 11.9 Å². The normalized spacial score (nSPS) is 14.2. The Morgan fingerprint density at radius 3 is 2.17 bits per heavy atom. The molecule has 3 N–H and O–H groups in total. The summed E-state index contributed by atoms with van der Waals surface area (Å²) < 4.78 is 45.1. The summed E-state index contributed by atoms with van der Waals surface area (Å²) in [6, 6.07) is -0.706. The van der Waals surface area contributed by atoms with Crippen molar-refractivity contribution in [2.24, 2.45) is 11.7 Å². The Morgan fingerprint density at radius 2 is 1.70 bits per heavy atom. The Kier molecular flexibility index (Phi) is 5.76. The number of hydrogen-bond acceptors (Lipinski definition) is 4. The minimum absolute atomic E-state index is 0.289. The number of carboxylic acid groups (broad SMARTS) is 1. The van der Waals surface area contributed by atoms with Crippen LogP contribution >= 0.6 is 0 Å². The second kappa shape index (κ2) is 6.99. The molecular formula is C15H18F3NO4. The van der Waals surface area contributed by atoms with Gasteiger partial charge in [0.2, 0.25) is 0 Å². The van der Waals surface area contributed by atoms with Gasteiger partial charge in [0.15, 0.2) is 11.6 Å². The lowest BCUT2D eigenvalue weighted by Crippen LogP contribution is -2.36. The first kappa shape index (κ1) is 19.0. The van der Waals surface area contributed by atoms with Crippen LogP contribution in [0.2, 0.25) is 0 Å². The summed E-state index contributed by atoms with van der Waals surface area (Å²) >= 11 is 0. The Balaban J connectivity index is 3.19. The molecule has 0 heterocycles. The van der Waals surface area contributed by atoms with Crippen LogP contribution in [-0.2, 0) is 14.3 Å². The van der Waals surface area contributed by atoms with Crippen molar-refractivity contribution in [2.75, 3.05) is 0 Å². The van der Waals surface area contributed by atoms with Crippen molar-refractivity contribution in [2.45, 2.75) is 38.8 Å². The van der Waals surface area contributed by atoms with E-state index in [2.05, 4.69) is 0 Å². The molecule has 0 saturated heterocycles. The quantitative estimate of drug-likeness (QED) is 0.638. The molecule has 0 fully saturated rings. The molecule has 5 nitrogen and oxygen atoms in total. The highest BCUT2D eigenvalue weighted by molar-refractivity contribution is 5.80. The third kappa shape index (κ3) is 5.24. The van der Waals surface area contributed by atoms with Crippen molar-refractivity contribution in [3.05, 3.63) is 35.1 Å². The molecule has 128 valence electrons. The first-order valence-corrected chi connectivity index (χ1v) is 6.77. The van der Waals surface area contributed by atoms with Gasteiger partial charge in [-0.05, 0) is 26.8 Å². The summed E-state index contributed by atoms with van der Waals surface area (Å²) in [5.74, 6) is -7.71. The third-order valence-electron chi connectivity index (χ3n) is 2.94. The molecule has 0 aliphatic rings. The van der Waals surface area contributed by atoms with E-state index >= 15 is 0 Å². The molecule has 2 unspecified atom stereocenters. The highest BCUT2D eigenvalue weighted by Crippen LogP contribution is 2.28. The summed E-state index contributed by atoms with van der Waals surface area (Å²) in [4.78, 5) is 23.0. The van der Waals surface area contributed by atoms with E-state index in [0.29, 0.717) is 6.07 Å². The summed E-state index contributed by atoms with van der Waals surface area (Å²) in [6.07, 6.45) is -0.742. The van der Waals surface area contributed by atoms with Gasteiger partial charge in [-0.2, -0.15) is 0 Å². The van der Waals surface area contributed by atoms with Crippen LogP contribution in [0.5, 0.6) is 0 Å². The van der Waals surface area contributed by atoms with E-state index in [4.69, 9.17) is 15.6 Å². The Bertz CT molecular complexity index is 613. The number of esters is 1. The van der Waals surface area contributed by atoms with Crippen LogP contribution in [0.25, 0.3) is 0 Å². The van der Waals surface area contributed by atoms with Gasteiger partial charge < -0.3 is 15.6 Å². The maximum Gasteiger partial charge on any atom is 0.311 e. The van der Waals surface area contributed by atoms with E-state index in [1.165, 1.54) is 0 Å². The molecule has 0 radical (unpaired) electrons. The fourth-order valence-electron chi connectivity index (χ4n) is 1.93. The van der Waals surface area contributed by atoms with Crippen molar-refractivity contribution in [3.8, 4) is 0 Å². The van der Waals surface area contributed by atoms with E-state index in [0.717, 1.165) is 0 Å². The number of ether oxygens (including phenoxy) is 1. The molecular weight excluding hydrogens is 315 g/mol. The molecule has 0 aromatic heterocycles. The predicted octanol–water partition coefficient (Wildman–Crippen LogP) is 2.54. The minimum Gasteiger partial charge on any atom is -0.481 e. The Morgan fingerprint density at radius 1 is 1.17 bits per heavy atom. The average molecular weight is 333 g/mol. The SMILES string of the molecule is CC(C)(C)OC(=O)C(CC(=O)O)C(N)c1cc(F)c(F)cc1F. The average Bonchev–Trinajstić information content (AvgIpc) is 2.37. The van der Waals surface area contributed by atoms with Crippen molar-refractivity contribution in [1.82, 2.24) is 0 Å². The second-order valence-corrected chi connectivity index (χ2v) is 6.05. The summed E-state index contributed by atoms with van der Waals surface area (Å²) in [5, 5.41) is 8.90. The predicted molar refractivity (Wildman–Crippen MR) is 74.8 cm³/mol. The van der Waals surface area contributed by atoms with E-state index in [1.807, 2.05) is 0 Å². The molecule has 0 aliphatic heterocycles. The van der Waals surface area contributed by atoms with Crippen molar-refractivity contribution in [3.63, 3.8) is 0 Å². The molecule has 0 saturated carbocycles. The molecule has 0 bridgehead atoms. The number of carboxylic acids is 1. The van der Waals surface area contributed by atoms with Crippen LogP contribution in [-0.4, -0.2) is 22.6 Å². The van der Waals surface area contributed by atoms with Gasteiger partial charge in [-0.1, -0.05) is 0 Å². The van der Waals surface area contributed by atoms with Crippen LogP contribution in [0, 0.1) is 23.4 Å². The van der Waals surface area contributed by atoms with Crippen molar-refractivity contribution < 1.29 is 32.6 Å². The summed E-state index contributed by atoms with van der Waals surface area (Å²) in [7, 11) is 0. The molecule has 1 aromatic rings. The van der Waals surface area contributed by atoms with Gasteiger partial charge in [0.25, 0.3) is 0 Å². The van der Waals surface area contributed by atoms with Gasteiger partial charge in [-0.3, -0.25) is 9.59 Å². The molecule has 0 amide bonds. The minimum atomic E-state index is -1.50. The number of benzene rings is 1. The van der Waals surface area contributed by atoms with E-state index < -0.39 is 58.9 Å². The maximum absolute atomic E-state index is 13.8. The smallest absolute Gasteiger partial charge is 0.311 e. The third-order valence-corrected chi connectivity index (χ3v) is 2.94. The fourth-order valence-corrected chi connectivity index (χ4v) is 1.93. The fraction of sp³-hybridized carbons (Fsp3) is 0.467. The first-order valence-electron chi connectivity index (χ1n) is 6.77. The molecule has 1 rings (SSSR count). The van der Waals surface area contributed by atoms with Gasteiger partial charge in [0.05, 0.1) is 12.3 Å². The van der Waals surface area contributed by atoms with Crippen LogP contribution < -0.4 is 5.73 Å². The van der Waals surface area contributed by atoms with Crippen LogP contribution in [0.3, 0.4) is 0 Å². The second-order valence-electron chi connectivity index (χ2n) is 6.05. The van der Waals surface area contributed by atoms with Gasteiger partial charge in [0, 0.05) is 17.7 Å². The molecule has 1 aromatic carbocycles. The number of carbonyl (C=O) groups excluding carboxylic acids is 1. The molecule has 0 aliphatic carbocycles. The van der Waals surface area contributed by atoms with E-state index in [-0.39, 0.29) is 6.07 Å². The lowest BCUT2D eigenvalue weighted by atomic mass is 9.90. The summed E-state index contributed by atoms with van der Waals surface area (Å²) in [6.45, 7) is 4.69. The number of hydrogen-bond donors (Lipinski definition) is 2. The van der Waals surface area contributed by atoms with E-state index in [1.54, 1.807) is 20.8 Å². The zero-order valence-electron chi connectivity index (χ0n) is 12.9. The van der Waals surface area contributed by atoms with Crippen LogP contribution in [0.15, 0.2) is 12.1 Å². The van der Waals surface area contributed by atoms with Crippen LogP contribution in [0.1, 0.15) is 38.8 Å². The number of carbonyl (C=O) groups is 2. The number of halogens is 3. The summed E-state index contributed by atoms with van der Waals surface area (Å²) in [5.41, 5.74) is 4.32. The largest absolute Gasteiger partial charge is 0.481 e. The van der Waals surface area contributed by atoms with Gasteiger partial charge in [-0.15, -0.1) is 0 Å². The van der Waals surface area contributed by atoms with Gasteiger partial charge in [-0.25, -0.2) is 13.2 Å². The molecule has 2 atom stereocenters. The maximum atomic E-state index is 13.8. The zero-order valence-corrected chi connectivity index (χ0v) is 12.9. The van der Waals surface area contributed by atoms with E-state index in [9.17, 15) is 22.8 Å². The first-order chi connectivity index (χ1) is 10.4. The Hall–Kier alpha value is -2.09. The lowest BCUT2D eigenvalue weighted by Gasteiger charge is -2.27. The number of aliphatic carboxylic acids is 1. The molecule has 8 heteroatoms. The Labute approximate surface area is 131 Å². The standard InChI is InChI=1S/C15H18F3NO4/c1-15(2,3)23-14(22)8(5-12(20)21)13(19)7-4-10(17)11(18)6-9(7)16/h4,6,8,13H,5,19H2,1-3H3,(H,20,21). The zero-order chi connectivity index (χ0) is 17.9. The monoisotopic (exact) mass is 333 g/mol. The molecule has 23 heavy (non-hydrogen) atoms. The van der Waals surface area contributed by atoms with Crippen molar-refractivity contribution in [1.29, 1.82) is 0 Å². The highest BCUT2D eigenvalue weighted by Gasteiger charge is 2.34. The topological polar surface area (TPSA) is 89.6 Å². The lowest BCUT2D eigenvalue weighted by molar-refractivity contribution is -0.163. The van der Waals surface area contributed by atoms with Gasteiger partial charge >= 0.3 is 11.9 Å². The highest BCUT2D eigenvalue weighted by atomic mass is 19.2. The van der Waals surface area contributed by atoms with Crippen LogP contribution in [0.4, 0.5) is 13.2 Å². The molecule has 0 spiro atoms.